The van der Waals surface area contributed by atoms with E-state index in [-0.39, 0.29) is 5.91 Å². The summed E-state index contributed by atoms with van der Waals surface area (Å²) in [5, 5.41) is 11.3. The molecule has 0 unspecified atom stereocenters. The summed E-state index contributed by atoms with van der Waals surface area (Å²) in [7, 11) is 0. The fraction of sp³-hybridized carbons (Fsp3) is 0.238. The molecule has 26 heavy (non-hydrogen) atoms. The van der Waals surface area contributed by atoms with Crippen molar-refractivity contribution in [3.8, 4) is 11.3 Å². The van der Waals surface area contributed by atoms with Crippen molar-refractivity contribution in [3.05, 3.63) is 69.9 Å². The summed E-state index contributed by atoms with van der Waals surface area (Å²) in [5.41, 5.74) is 6.48. The monoisotopic (exact) mass is 365 g/mol. The number of aryl methyl sites for hydroxylation is 2. The number of amides is 1. The summed E-state index contributed by atoms with van der Waals surface area (Å²) < 4.78 is 0. The van der Waals surface area contributed by atoms with Crippen molar-refractivity contribution in [2.24, 2.45) is 0 Å². The summed E-state index contributed by atoms with van der Waals surface area (Å²) in [6, 6.07) is 13.2. The number of benzene rings is 2. The van der Waals surface area contributed by atoms with Gasteiger partial charge >= 0.3 is 0 Å². The highest BCUT2D eigenvalue weighted by molar-refractivity contribution is 6.31. The SMILES string of the molecule is Cc1ccc(-c2n[nH]c(C3CC3)c2NC(=O)c2cccc(Cl)c2)c(C)c1. The molecule has 0 radical (unpaired) electrons. The minimum atomic E-state index is -0.179. The van der Waals surface area contributed by atoms with E-state index in [2.05, 4.69) is 47.6 Å². The van der Waals surface area contributed by atoms with Gasteiger partial charge in [0.2, 0.25) is 0 Å². The maximum absolute atomic E-state index is 12.8. The Morgan fingerprint density at radius 3 is 2.69 bits per heavy atom. The predicted molar refractivity (Wildman–Crippen MR) is 105 cm³/mol. The highest BCUT2D eigenvalue weighted by atomic mass is 35.5. The van der Waals surface area contributed by atoms with Crippen molar-refractivity contribution >= 4 is 23.2 Å². The van der Waals surface area contributed by atoms with E-state index < -0.39 is 0 Å². The van der Waals surface area contributed by atoms with Crippen LogP contribution in [-0.2, 0) is 0 Å². The average molecular weight is 366 g/mol. The first-order chi connectivity index (χ1) is 12.5. The molecule has 1 aliphatic rings. The van der Waals surface area contributed by atoms with Gasteiger partial charge in [-0.25, -0.2) is 0 Å². The Labute approximate surface area is 157 Å². The third-order valence-electron chi connectivity index (χ3n) is 4.74. The van der Waals surface area contributed by atoms with E-state index in [4.69, 9.17) is 11.6 Å². The molecule has 0 saturated heterocycles. The fourth-order valence-corrected chi connectivity index (χ4v) is 3.43. The second-order valence-electron chi connectivity index (χ2n) is 6.92. The molecule has 2 aromatic carbocycles. The summed E-state index contributed by atoms with van der Waals surface area (Å²) in [6.07, 6.45) is 2.24. The van der Waals surface area contributed by atoms with Gasteiger partial charge in [0, 0.05) is 22.1 Å². The first-order valence-corrected chi connectivity index (χ1v) is 9.13. The van der Waals surface area contributed by atoms with Gasteiger partial charge in [-0.3, -0.25) is 9.89 Å². The lowest BCUT2D eigenvalue weighted by Gasteiger charge is -2.10. The standard InChI is InChI=1S/C21H20ClN3O/c1-12-6-9-17(13(2)10-12)19-20(18(24-25-19)14-7-8-14)23-21(26)15-4-3-5-16(22)11-15/h3-6,9-11,14H,7-8H2,1-2H3,(H,23,26)(H,24,25). The van der Waals surface area contributed by atoms with Crippen molar-refractivity contribution in [3.63, 3.8) is 0 Å². The van der Waals surface area contributed by atoms with Crippen molar-refractivity contribution in [1.82, 2.24) is 10.2 Å². The van der Waals surface area contributed by atoms with E-state index in [1.54, 1.807) is 24.3 Å². The van der Waals surface area contributed by atoms with Gasteiger partial charge in [0.1, 0.15) is 5.69 Å². The summed E-state index contributed by atoms with van der Waals surface area (Å²) in [4.78, 5) is 12.8. The van der Waals surface area contributed by atoms with E-state index in [1.807, 2.05) is 0 Å². The van der Waals surface area contributed by atoms with Gasteiger partial charge < -0.3 is 5.32 Å². The third kappa shape index (κ3) is 3.25. The van der Waals surface area contributed by atoms with E-state index in [0.717, 1.165) is 41.0 Å². The van der Waals surface area contributed by atoms with Crippen molar-refractivity contribution in [2.75, 3.05) is 5.32 Å². The second kappa shape index (κ2) is 6.61. The van der Waals surface area contributed by atoms with Crippen LogP contribution < -0.4 is 5.32 Å². The molecule has 0 spiro atoms. The lowest BCUT2D eigenvalue weighted by atomic mass is 10.0. The minimum absolute atomic E-state index is 0.179. The van der Waals surface area contributed by atoms with Crippen LogP contribution in [0.25, 0.3) is 11.3 Å². The highest BCUT2D eigenvalue weighted by Crippen LogP contribution is 2.45. The number of aromatic amines is 1. The number of nitrogens with one attached hydrogen (secondary N) is 2. The molecule has 5 heteroatoms. The molecule has 3 aromatic rings. The number of rotatable bonds is 4. The van der Waals surface area contributed by atoms with Crippen LogP contribution in [-0.4, -0.2) is 16.1 Å². The Balaban J connectivity index is 1.74. The molecule has 132 valence electrons. The van der Waals surface area contributed by atoms with Gasteiger partial charge in [0.25, 0.3) is 5.91 Å². The Bertz CT molecular complexity index is 989. The van der Waals surface area contributed by atoms with E-state index >= 15 is 0 Å². The lowest BCUT2D eigenvalue weighted by Crippen LogP contribution is -2.13. The molecule has 4 nitrogen and oxygen atoms in total. The number of nitrogens with zero attached hydrogens (tertiary/aromatic N) is 1. The predicted octanol–water partition coefficient (Wildman–Crippen LogP) is 5.48. The fourth-order valence-electron chi connectivity index (χ4n) is 3.24. The van der Waals surface area contributed by atoms with Gasteiger partial charge in [-0.1, -0.05) is 41.4 Å². The van der Waals surface area contributed by atoms with Crippen LogP contribution >= 0.6 is 11.6 Å². The van der Waals surface area contributed by atoms with Crippen LogP contribution in [0.3, 0.4) is 0 Å². The number of hydrogen-bond acceptors (Lipinski definition) is 2. The Kier molecular flexibility index (Phi) is 4.29. The zero-order valence-electron chi connectivity index (χ0n) is 14.8. The van der Waals surface area contributed by atoms with E-state index in [0.29, 0.717) is 16.5 Å². The number of halogens is 1. The molecule has 1 fully saturated rings. The van der Waals surface area contributed by atoms with Crippen LogP contribution in [0.4, 0.5) is 5.69 Å². The lowest BCUT2D eigenvalue weighted by molar-refractivity contribution is 0.102. The molecule has 0 bridgehead atoms. The Morgan fingerprint density at radius 1 is 1.19 bits per heavy atom. The Hall–Kier alpha value is -2.59. The van der Waals surface area contributed by atoms with E-state index in [1.165, 1.54) is 5.56 Å². The molecule has 0 atom stereocenters. The molecule has 1 heterocycles. The summed E-state index contributed by atoms with van der Waals surface area (Å²) in [5.74, 6) is 0.262. The molecular formula is C21H20ClN3O. The molecule has 4 rings (SSSR count). The van der Waals surface area contributed by atoms with Gasteiger partial charge in [-0.05, 0) is 50.5 Å². The number of anilines is 1. The molecule has 1 amide bonds. The third-order valence-corrected chi connectivity index (χ3v) is 4.98. The molecule has 1 saturated carbocycles. The van der Waals surface area contributed by atoms with Gasteiger partial charge in [-0.15, -0.1) is 0 Å². The summed E-state index contributed by atoms with van der Waals surface area (Å²) >= 11 is 6.03. The first-order valence-electron chi connectivity index (χ1n) is 8.75. The molecular weight excluding hydrogens is 346 g/mol. The number of carbonyl (C=O) groups is 1. The number of hydrogen-bond donors (Lipinski definition) is 2. The molecule has 2 N–H and O–H groups in total. The largest absolute Gasteiger partial charge is 0.319 e. The minimum Gasteiger partial charge on any atom is -0.319 e. The molecule has 0 aliphatic heterocycles. The molecule has 1 aliphatic carbocycles. The van der Waals surface area contributed by atoms with Crippen LogP contribution in [0.1, 0.15) is 45.9 Å². The van der Waals surface area contributed by atoms with Crippen molar-refractivity contribution in [1.29, 1.82) is 0 Å². The smallest absolute Gasteiger partial charge is 0.255 e. The maximum Gasteiger partial charge on any atom is 0.255 e. The van der Waals surface area contributed by atoms with Gasteiger partial charge in [0.15, 0.2) is 0 Å². The quantitative estimate of drug-likeness (QED) is 0.643. The van der Waals surface area contributed by atoms with Crippen LogP contribution in [0, 0.1) is 13.8 Å². The average Bonchev–Trinajstić information content (AvgIpc) is 3.37. The maximum atomic E-state index is 12.8. The van der Waals surface area contributed by atoms with Gasteiger partial charge in [-0.2, -0.15) is 5.10 Å². The van der Waals surface area contributed by atoms with Crippen LogP contribution in [0.15, 0.2) is 42.5 Å². The van der Waals surface area contributed by atoms with E-state index in [9.17, 15) is 4.79 Å². The van der Waals surface area contributed by atoms with Crippen LogP contribution in [0.5, 0.6) is 0 Å². The zero-order chi connectivity index (χ0) is 18.3. The van der Waals surface area contributed by atoms with Crippen molar-refractivity contribution in [2.45, 2.75) is 32.6 Å². The highest BCUT2D eigenvalue weighted by Gasteiger charge is 2.31. The first kappa shape index (κ1) is 16.9. The number of aromatic nitrogens is 2. The number of carbonyl (C=O) groups excluding carboxylic acids is 1. The second-order valence-corrected chi connectivity index (χ2v) is 7.35. The van der Waals surface area contributed by atoms with Gasteiger partial charge in [0.05, 0.1) is 11.4 Å². The molecule has 1 aromatic heterocycles. The Morgan fingerprint density at radius 2 is 2.00 bits per heavy atom. The summed E-state index contributed by atoms with van der Waals surface area (Å²) in [6.45, 7) is 4.13. The topological polar surface area (TPSA) is 57.8 Å². The normalized spacial score (nSPS) is 13.7. The van der Waals surface area contributed by atoms with Crippen LogP contribution in [0.2, 0.25) is 5.02 Å². The van der Waals surface area contributed by atoms with Crippen molar-refractivity contribution < 1.29 is 4.79 Å². The zero-order valence-corrected chi connectivity index (χ0v) is 15.5. The number of H-pyrrole nitrogens is 1.